The molecule has 18 heavy (non-hydrogen) atoms. The third-order valence-corrected chi connectivity index (χ3v) is 6.99. The minimum Gasteiger partial charge on any atom is -0.419 e. The fourth-order valence-electron chi connectivity index (χ4n) is 2.24. The van der Waals surface area contributed by atoms with Gasteiger partial charge in [0.15, 0.2) is 0 Å². The van der Waals surface area contributed by atoms with Gasteiger partial charge in [-0.25, -0.2) is 0 Å². The topological polar surface area (TPSA) is 21.3 Å². The normalized spacial score (nSPS) is 13.6. The zero-order chi connectivity index (χ0) is 13.4. The van der Waals surface area contributed by atoms with Crippen LogP contribution in [0.15, 0.2) is 30.3 Å². The zero-order valence-electron chi connectivity index (χ0n) is 12.2. The van der Waals surface area contributed by atoms with Crippen molar-refractivity contribution in [1.82, 2.24) is 5.32 Å². The Labute approximate surface area is 113 Å². The van der Waals surface area contributed by atoms with Gasteiger partial charge in [0.1, 0.15) is 0 Å². The van der Waals surface area contributed by atoms with E-state index in [2.05, 4.69) is 55.7 Å². The summed E-state index contributed by atoms with van der Waals surface area (Å²) >= 11 is 0. The van der Waals surface area contributed by atoms with E-state index < -0.39 is 8.32 Å². The lowest BCUT2D eigenvalue weighted by Crippen LogP contribution is -2.52. The van der Waals surface area contributed by atoms with E-state index in [9.17, 15) is 0 Å². The molecule has 1 atom stereocenters. The second-order valence-electron chi connectivity index (χ2n) is 5.31. The van der Waals surface area contributed by atoms with E-state index in [1.807, 2.05) is 7.11 Å². The van der Waals surface area contributed by atoms with Crippen LogP contribution in [0.5, 0.6) is 0 Å². The van der Waals surface area contributed by atoms with Gasteiger partial charge >= 0.3 is 0 Å². The van der Waals surface area contributed by atoms with E-state index in [1.165, 1.54) is 12.0 Å². The van der Waals surface area contributed by atoms with Gasteiger partial charge in [-0.1, -0.05) is 37.3 Å². The molecule has 102 valence electrons. The van der Waals surface area contributed by atoms with E-state index in [0.717, 1.165) is 19.4 Å². The van der Waals surface area contributed by atoms with Crippen LogP contribution < -0.4 is 5.32 Å². The molecule has 0 spiro atoms. The van der Waals surface area contributed by atoms with Gasteiger partial charge in [-0.3, -0.25) is 0 Å². The predicted molar refractivity (Wildman–Crippen MR) is 81.3 cm³/mol. The number of aryl methyl sites for hydroxylation is 1. The van der Waals surface area contributed by atoms with Gasteiger partial charge in [0.25, 0.3) is 0 Å². The van der Waals surface area contributed by atoms with Gasteiger partial charge in [0, 0.05) is 12.8 Å². The number of hydrogen-bond acceptors (Lipinski definition) is 2. The second kappa shape index (κ2) is 7.72. The van der Waals surface area contributed by atoms with E-state index in [0.29, 0.717) is 5.67 Å². The molecule has 2 nitrogen and oxygen atoms in total. The van der Waals surface area contributed by atoms with E-state index >= 15 is 0 Å². The molecule has 1 unspecified atom stereocenters. The van der Waals surface area contributed by atoms with Crippen molar-refractivity contribution in [3.05, 3.63) is 35.9 Å². The summed E-state index contributed by atoms with van der Waals surface area (Å²) in [7, 11) is 0.301. The Balaban J connectivity index is 2.28. The average Bonchev–Trinajstić information content (AvgIpc) is 2.39. The molecule has 0 bridgehead atoms. The van der Waals surface area contributed by atoms with Crippen LogP contribution in [0.1, 0.15) is 25.3 Å². The van der Waals surface area contributed by atoms with Crippen LogP contribution in [0.3, 0.4) is 0 Å². The quantitative estimate of drug-likeness (QED) is 0.575. The molecule has 1 N–H and O–H groups in total. The van der Waals surface area contributed by atoms with Crippen molar-refractivity contribution in [2.75, 3.05) is 13.7 Å². The van der Waals surface area contributed by atoms with E-state index in [4.69, 9.17) is 4.43 Å². The molecule has 0 aliphatic carbocycles. The maximum Gasteiger partial charge on any atom is 0.202 e. The summed E-state index contributed by atoms with van der Waals surface area (Å²) < 4.78 is 5.68. The Morgan fingerprint density at radius 1 is 1.22 bits per heavy atom. The molecule has 1 aromatic carbocycles. The Morgan fingerprint density at radius 3 is 2.44 bits per heavy atom. The molecule has 0 saturated carbocycles. The summed E-state index contributed by atoms with van der Waals surface area (Å²) in [6.45, 7) is 7.88. The Bertz CT molecular complexity index is 327. The minimum atomic E-state index is -1.55. The first kappa shape index (κ1) is 15.4. The highest BCUT2D eigenvalue weighted by molar-refractivity contribution is 6.72. The predicted octanol–water partition coefficient (Wildman–Crippen LogP) is 3.38. The number of benzene rings is 1. The first-order chi connectivity index (χ1) is 8.60. The van der Waals surface area contributed by atoms with Crippen molar-refractivity contribution >= 4 is 8.32 Å². The molecule has 3 heteroatoms. The van der Waals surface area contributed by atoms with Crippen LogP contribution in [0.2, 0.25) is 13.1 Å². The monoisotopic (exact) mass is 265 g/mol. The number of hydrogen-bond donors (Lipinski definition) is 1. The third kappa shape index (κ3) is 4.92. The molecule has 0 fully saturated rings. The fraction of sp³-hybridized carbons (Fsp3) is 0.600. The summed E-state index contributed by atoms with van der Waals surface area (Å²) in [5.74, 6) is 0. The zero-order valence-corrected chi connectivity index (χ0v) is 13.2. The highest BCUT2D eigenvalue weighted by Gasteiger charge is 2.30. The molecule has 0 saturated heterocycles. The van der Waals surface area contributed by atoms with Crippen LogP contribution in [0.25, 0.3) is 0 Å². The molecule has 0 aliphatic rings. The molecular formula is C15H27NOSi. The highest BCUT2D eigenvalue weighted by Crippen LogP contribution is 2.12. The molecular weight excluding hydrogens is 238 g/mol. The Kier molecular flexibility index (Phi) is 6.61. The Hall–Kier alpha value is -0.643. The molecule has 1 aromatic rings. The van der Waals surface area contributed by atoms with Crippen LogP contribution >= 0.6 is 0 Å². The van der Waals surface area contributed by atoms with Gasteiger partial charge < -0.3 is 9.74 Å². The first-order valence-corrected chi connectivity index (χ1v) is 9.91. The molecule has 0 aliphatic heterocycles. The summed E-state index contributed by atoms with van der Waals surface area (Å²) in [6.07, 6.45) is 3.49. The molecule has 0 amide bonds. The summed E-state index contributed by atoms with van der Waals surface area (Å²) in [5, 5.41) is 3.67. The van der Waals surface area contributed by atoms with Gasteiger partial charge in [0.05, 0.1) is 0 Å². The lowest BCUT2D eigenvalue weighted by atomic mass is 10.1. The van der Waals surface area contributed by atoms with Crippen LogP contribution in [0, 0.1) is 0 Å². The van der Waals surface area contributed by atoms with Crippen molar-refractivity contribution in [3.8, 4) is 0 Å². The fourth-order valence-corrected chi connectivity index (χ4v) is 4.14. The molecule has 1 rings (SSSR count). The molecule has 0 radical (unpaired) electrons. The van der Waals surface area contributed by atoms with E-state index in [-0.39, 0.29) is 0 Å². The largest absolute Gasteiger partial charge is 0.419 e. The maximum atomic E-state index is 5.68. The van der Waals surface area contributed by atoms with Gasteiger partial charge in [0.2, 0.25) is 8.32 Å². The van der Waals surface area contributed by atoms with E-state index in [1.54, 1.807) is 0 Å². The van der Waals surface area contributed by atoms with Gasteiger partial charge in [-0.15, -0.1) is 0 Å². The van der Waals surface area contributed by atoms with Crippen molar-refractivity contribution in [3.63, 3.8) is 0 Å². The second-order valence-corrected chi connectivity index (χ2v) is 9.62. The number of rotatable bonds is 8. The average molecular weight is 265 g/mol. The lowest BCUT2D eigenvalue weighted by molar-refractivity contribution is 0.375. The summed E-state index contributed by atoms with van der Waals surface area (Å²) in [5.41, 5.74) is 1.98. The molecule has 0 aromatic heterocycles. The van der Waals surface area contributed by atoms with Crippen LogP contribution in [0.4, 0.5) is 0 Å². The first-order valence-electron chi connectivity index (χ1n) is 6.92. The standard InChI is InChI=1S/C15H27NOSi/c1-5-15(18(3,4)17-2)16-13-9-12-14-10-7-6-8-11-14/h6-8,10-11,15-16H,5,9,12-13H2,1-4H3. The van der Waals surface area contributed by atoms with Crippen molar-refractivity contribution in [2.24, 2.45) is 0 Å². The smallest absolute Gasteiger partial charge is 0.202 e. The summed E-state index contributed by atoms with van der Waals surface area (Å²) in [6, 6.07) is 10.7. The minimum absolute atomic E-state index is 0.554. The lowest BCUT2D eigenvalue weighted by Gasteiger charge is -2.30. The maximum absolute atomic E-state index is 5.68. The number of nitrogens with one attached hydrogen (secondary N) is 1. The Morgan fingerprint density at radius 2 is 1.89 bits per heavy atom. The highest BCUT2D eigenvalue weighted by atomic mass is 28.4. The van der Waals surface area contributed by atoms with Crippen LogP contribution in [-0.2, 0) is 10.8 Å². The van der Waals surface area contributed by atoms with Crippen LogP contribution in [-0.4, -0.2) is 27.6 Å². The summed E-state index contributed by atoms with van der Waals surface area (Å²) in [4.78, 5) is 0. The van der Waals surface area contributed by atoms with Gasteiger partial charge in [-0.2, -0.15) is 0 Å². The SMILES string of the molecule is CCC(NCCCc1ccccc1)[Si](C)(C)OC. The van der Waals surface area contributed by atoms with Gasteiger partial charge in [-0.05, 0) is 44.5 Å². The third-order valence-electron chi connectivity index (χ3n) is 3.65. The molecule has 0 heterocycles. The van der Waals surface area contributed by atoms with Crippen molar-refractivity contribution < 1.29 is 4.43 Å². The van der Waals surface area contributed by atoms with Crippen molar-refractivity contribution in [1.29, 1.82) is 0 Å². The van der Waals surface area contributed by atoms with Crippen molar-refractivity contribution in [2.45, 2.75) is 44.9 Å².